The van der Waals surface area contributed by atoms with E-state index in [1.54, 1.807) is 12.2 Å². The minimum atomic E-state index is -0.0461. The quantitative estimate of drug-likeness (QED) is 0.617. The van der Waals surface area contributed by atoms with Crippen molar-refractivity contribution < 1.29 is 9.90 Å². The van der Waals surface area contributed by atoms with E-state index >= 15 is 0 Å². The summed E-state index contributed by atoms with van der Waals surface area (Å²) in [6.07, 6.45) is 11.8. The van der Waals surface area contributed by atoms with Crippen LogP contribution in [0.5, 0.6) is 0 Å². The first-order chi connectivity index (χ1) is 6.33. The van der Waals surface area contributed by atoms with Gasteiger partial charge in [0.2, 0.25) is 0 Å². The van der Waals surface area contributed by atoms with Crippen molar-refractivity contribution in [2.75, 3.05) is 0 Å². The number of hydrogen-bond donors (Lipinski definition) is 1. The van der Waals surface area contributed by atoms with Crippen LogP contribution < -0.4 is 0 Å². The van der Waals surface area contributed by atoms with Crippen LogP contribution in [-0.4, -0.2) is 11.4 Å². The van der Waals surface area contributed by atoms with Crippen molar-refractivity contribution in [3.8, 4) is 0 Å². The smallest absolute Gasteiger partial charge is 0.146 e. The van der Waals surface area contributed by atoms with Crippen molar-refractivity contribution in [3.63, 3.8) is 0 Å². The normalized spacial score (nSPS) is 30.5. The van der Waals surface area contributed by atoms with E-state index in [0.717, 1.165) is 11.9 Å². The molecule has 2 heteroatoms. The lowest BCUT2D eigenvalue weighted by molar-refractivity contribution is -0.105. The molecule has 0 bridgehead atoms. The van der Waals surface area contributed by atoms with Gasteiger partial charge in [0.1, 0.15) is 12.0 Å². The highest BCUT2D eigenvalue weighted by Gasteiger charge is 2.27. The van der Waals surface area contributed by atoms with Gasteiger partial charge in [-0.3, -0.25) is 4.79 Å². The number of aliphatic hydroxyl groups is 1. The molecule has 2 atom stereocenters. The molecule has 0 heterocycles. The Labute approximate surface area is 76.6 Å². The van der Waals surface area contributed by atoms with Crippen molar-refractivity contribution in [3.05, 3.63) is 47.8 Å². The van der Waals surface area contributed by atoms with Crippen molar-refractivity contribution in [1.82, 2.24) is 0 Å². The second kappa shape index (κ2) is 3.05. The average Bonchev–Trinajstić information content (AvgIpc) is 2.19. The molecule has 13 heavy (non-hydrogen) atoms. The highest BCUT2D eigenvalue weighted by atomic mass is 16.3. The van der Waals surface area contributed by atoms with Gasteiger partial charge in [-0.05, 0) is 11.6 Å². The zero-order chi connectivity index (χ0) is 9.26. The fourth-order valence-corrected chi connectivity index (χ4v) is 1.73. The van der Waals surface area contributed by atoms with Gasteiger partial charge >= 0.3 is 0 Å². The van der Waals surface area contributed by atoms with Gasteiger partial charge in [-0.15, -0.1) is 0 Å². The van der Waals surface area contributed by atoms with E-state index < -0.39 is 0 Å². The summed E-state index contributed by atoms with van der Waals surface area (Å²) < 4.78 is 0. The first kappa shape index (κ1) is 8.05. The monoisotopic (exact) mass is 174 g/mol. The Bertz CT molecular complexity index is 345. The molecule has 2 aliphatic carbocycles. The predicted molar refractivity (Wildman–Crippen MR) is 50.1 cm³/mol. The fraction of sp³-hybridized carbons (Fsp3) is 0.182. The van der Waals surface area contributed by atoms with Crippen LogP contribution in [0.3, 0.4) is 0 Å². The summed E-state index contributed by atoms with van der Waals surface area (Å²) in [6.45, 7) is 0. The average molecular weight is 174 g/mol. The van der Waals surface area contributed by atoms with E-state index in [2.05, 4.69) is 0 Å². The molecule has 1 N–H and O–H groups in total. The van der Waals surface area contributed by atoms with Gasteiger partial charge in [0.25, 0.3) is 0 Å². The van der Waals surface area contributed by atoms with Gasteiger partial charge in [0, 0.05) is 11.8 Å². The van der Waals surface area contributed by atoms with Crippen LogP contribution in [0.4, 0.5) is 0 Å². The first-order valence-electron chi connectivity index (χ1n) is 4.24. The molecule has 0 amide bonds. The molecule has 0 saturated heterocycles. The van der Waals surface area contributed by atoms with Gasteiger partial charge in [-0.1, -0.05) is 30.4 Å². The molecule has 2 aliphatic rings. The number of allylic oxidation sites excluding steroid dienone is 7. The number of carbonyl (C=O) groups is 1. The van der Waals surface area contributed by atoms with E-state index in [1.165, 1.54) is 0 Å². The van der Waals surface area contributed by atoms with Crippen molar-refractivity contribution in [2.45, 2.75) is 0 Å². The molecule has 0 aromatic heterocycles. The van der Waals surface area contributed by atoms with Crippen molar-refractivity contribution in [1.29, 1.82) is 0 Å². The Balaban J connectivity index is 2.40. The zero-order valence-electron chi connectivity index (χ0n) is 7.05. The second-order valence-electron chi connectivity index (χ2n) is 3.20. The third kappa shape index (κ3) is 1.24. The number of fused-ring (bicyclic) bond motifs is 1. The summed E-state index contributed by atoms with van der Waals surface area (Å²) in [6, 6.07) is 0. The highest BCUT2D eigenvalue weighted by Crippen LogP contribution is 2.33. The zero-order valence-corrected chi connectivity index (χ0v) is 7.05. The molecule has 0 aromatic rings. The van der Waals surface area contributed by atoms with E-state index in [4.69, 9.17) is 0 Å². The lowest BCUT2D eigenvalue weighted by atomic mass is 9.79. The van der Waals surface area contributed by atoms with Gasteiger partial charge in [-0.25, -0.2) is 0 Å². The first-order valence-corrected chi connectivity index (χ1v) is 4.24. The third-order valence-electron chi connectivity index (χ3n) is 2.44. The Morgan fingerprint density at radius 1 is 1.15 bits per heavy atom. The second-order valence-corrected chi connectivity index (χ2v) is 3.20. The van der Waals surface area contributed by atoms with Crippen LogP contribution in [0, 0.1) is 11.8 Å². The lowest BCUT2D eigenvalue weighted by Crippen LogP contribution is -2.20. The maximum absolute atomic E-state index is 10.7. The maximum Gasteiger partial charge on any atom is 0.146 e. The maximum atomic E-state index is 10.7. The van der Waals surface area contributed by atoms with Crippen LogP contribution >= 0.6 is 0 Å². The Hall–Kier alpha value is -1.57. The number of aldehydes is 1. The van der Waals surface area contributed by atoms with Crippen LogP contribution in [0.15, 0.2) is 47.8 Å². The van der Waals surface area contributed by atoms with Gasteiger partial charge in [0.15, 0.2) is 0 Å². The molecule has 2 nitrogen and oxygen atoms in total. The molecule has 0 spiro atoms. The standard InChI is InChI=1S/C11H10O2/c12-7-8-5-6-11(13)10-4-2-1-3-9(8)10/h1-7,9-10,13H. The van der Waals surface area contributed by atoms with E-state index in [1.807, 2.05) is 24.3 Å². The molecule has 2 unspecified atom stereocenters. The molecule has 0 saturated carbocycles. The summed E-state index contributed by atoms with van der Waals surface area (Å²) in [4.78, 5) is 10.7. The minimum absolute atomic E-state index is 0.0208. The topological polar surface area (TPSA) is 37.3 Å². The van der Waals surface area contributed by atoms with Gasteiger partial charge in [-0.2, -0.15) is 0 Å². The Morgan fingerprint density at radius 2 is 1.85 bits per heavy atom. The molecule has 0 aliphatic heterocycles. The van der Waals surface area contributed by atoms with Crippen LogP contribution in [0.25, 0.3) is 0 Å². The van der Waals surface area contributed by atoms with Crippen LogP contribution in [0.2, 0.25) is 0 Å². The SMILES string of the molecule is O=CC1=CC=C(O)C2C=CC=CC12. The summed E-state index contributed by atoms with van der Waals surface area (Å²) >= 11 is 0. The number of rotatable bonds is 1. The molecular formula is C11H10O2. The van der Waals surface area contributed by atoms with E-state index in [0.29, 0.717) is 5.76 Å². The lowest BCUT2D eigenvalue weighted by Gasteiger charge is -2.26. The predicted octanol–water partition coefficient (Wildman–Crippen LogP) is 1.93. The van der Waals surface area contributed by atoms with E-state index in [9.17, 15) is 9.90 Å². The minimum Gasteiger partial charge on any atom is -0.512 e. The molecule has 66 valence electrons. The van der Waals surface area contributed by atoms with Crippen molar-refractivity contribution in [2.24, 2.45) is 11.8 Å². The van der Waals surface area contributed by atoms with E-state index in [-0.39, 0.29) is 11.8 Å². The third-order valence-corrected chi connectivity index (χ3v) is 2.44. The summed E-state index contributed by atoms with van der Waals surface area (Å²) in [7, 11) is 0. The largest absolute Gasteiger partial charge is 0.512 e. The van der Waals surface area contributed by atoms with Crippen LogP contribution in [-0.2, 0) is 4.79 Å². The fourth-order valence-electron chi connectivity index (χ4n) is 1.73. The molecular weight excluding hydrogens is 164 g/mol. The Morgan fingerprint density at radius 3 is 2.54 bits per heavy atom. The Kier molecular flexibility index (Phi) is 1.89. The summed E-state index contributed by atoms with van der Waals surface area (Å²) in [5.41, 5.74) is 0.725. The molecule has 0 aromatic carbocycles. The van der Waals surface area contributed by atoms with Crippen molar-refractivity contribution >= 4 is 6.29 Å². The summed E-state index contributed by atoms with van der Waals surface area (Å²) in [5.74, 6) is 0.305. The number of carbonyl (C=O) groups excluding carboxylic acids is 1. The van der Waals surface area contributed by atoms with Gasteiger partial charge in [0.05, 0.1) is 0 Å². The molecule has 0 radical (unpaired) electrons. The van der Waals surface area contributed by atoms with Crippen LogP contribution in [0.1, 0.15) is 0 Å². The van der Waals surface area contributed by atoms with Gasteiger partial charge < -0.3 is 5.11 Å². The molecule has 0 fully saturated rings. The number of aliphatic hydroxyl groups excluding tert-OH is 1. The summed E-state index contributed by atoms with van der Waals surface area (Å²) in [5, 5.41) is 9.53. The highest BCUT2D eigenvalue weighted by molar-refractivity contribution is 5.76. The molecule has 2 rings (SSSR count). The number of hydrogen-bond acceptors (Lipinski definition) is 2.